The van der Waals surface area contributed by atoms with E-state index in [1.807, 2.05) is 0 Å². The number of unbranched alkanes of at least 4 members (excludes halogenated alkanes) is 2. The van der Waals surface area contributed by atoms with Crippen LogP contribution in [0.5, 0.6) is 0 Å². The van der Waals surface area contributed by atoms with Gasteiger partial charge in [-0.3, -0.25) is 0 Å². The summed E-state index contributed by atoms with van der Waals surface area (Å²) in [5, 5.41) is 5.16. The fraction of sp³-hybridized carbons (Fsp3) is 0.394. The van der Waals surface area contributed by atoms with Crippen LogP contribution < -0.4 is 14.8 Å². The van der Waals surface area contributed by atoms with Gasteiger partial charge in [0.05, 0.1) is 4.90 Å². The first kappa shape index (κ1) is 35.6. The zero-order valence-corrected chi connectivity index (χ0v) is 29.1. The van der Waals surface area contributed by atoms with E-state index in [4.69, 9.17) is 0 Å². The Balaban J connectivity index is 1.72. The SMILES string of the molecule is CCCCC[As]c1ccc(C(F)(F)F)c(-n2nc(CC)n(Cc3ccc(-c4ccccc4S(=O)(=O)NC(C)(C)C)cc3F)c2=O)c1. The molecule has 0 unspecified atom stereocenters. The summed E-state index contributed by atoms with van der Waals surface area (Å²) < 4.78 is 89.4. The second kappa shape index (κ2) is 14.3. The molecule has 4 aromatic rings. The predicted molar refractivity (Wildman–Crippen MR) is 173 cm³/mol. The van der Waals surface area contributed by atoms with Gasteiger partial charge in [0, 0.05) is 5.54 Å². The number of nitrogens with one attached hydrogen (secondary N) is 1. The maximum atomic E-state index is 15.6. The Morgan fingerprint density at radius 2 is 1.67 bits per heavy atom. The van der Waals surface area contributed by atoms with Crippen molar-refractivity contribution in [1.29, 1.82) is 0 Å². The van der Waals surface area contributed by atoms with Crippen LogP contribution in [-0.4, -0.2) is 44.1 Å². The third-order valence-electron chi connectivity index (χ3n) is 7.14. The van der Waals surface area contributed by atoms with Crippen LogP contribution in [0.1, 0.15) is 70.8 Å². The predicted octanol–water partition coefficient (Wildman–Crippen LogP) is 6.48. The van der Waals surface area contributed by atoms with Crippen LogP contribution in [0.15, 0.2) is 70.4 Å². The van der Waals surface area contributed by atoms with Gasteiger partial charge in [-0.15, -0.1) is 0 Å². The Kier molecular flexibility index (Phi) is 11.1. The van der Waals surface area contributed by atoms with Crippen molar-refractivity contribution in [3.05, 3.63) is 93.9 Å². The van der Waals surface area contributed by atoms with Crippen molar-refractivity contribution in [2.75, 3.05) is 0 Å². The molecule has 0 atom stereocenters. The molecule has 3 aromatic carbocycles. The Hall–Kier alpha value is -3.21. The third kappa shape index (κ3) is 8.38. The number of hydrogen-bond donors (Lipinski definition) is 1. The van der Waals surface area contributed by atoms with Crippen molar-refractivity contribution in [2.24, 2.45) is 0 Å². The molecule has 0 saturated heterocycles. The molecular weight excluding hydrogens is 683 g/mol. The molecule has 1 aromatic heterocycles. The molecule has 0 aliphatic rings. The molecule has 1 heterocycles. The molecule has 7 nitrogen and oxygen atoms in total. The van der Waals surface area contributed by atoms with E-state index < -0.39 is 38.8 Å². The molecule has 0 bridgehead atoms. The summed E-state index contributed by atoms with van der Waals surface area (Å²) in [4.78, 5) is 13.6. The first-order chi connectivity index (χ1) is 21.6. The van der Waals surface area contributed by atoms with Gasteiger partial charge >= 0.3 is 196 Å². The first-order valence-electron chi connectivity index (χ1n) is 15.1. The summed E-state index contributed by atoms with van der Waals surface area (Å²) in [6.45, 7) is 8.67. The first-order valence-corrected chi connectivity index (χ1v) is 18.8. The van der Waals surface area contributed by atoms with Crippen molar-refractivity contribution < 1.29 is 26.0 Å². The molecular formula is C33H38AsF4N4O3S. The summed E-state index contributed by atoms with van der Waals surface area (Å²) in [6.07, 6.45) is -1.42. The van der Waals surface area contributed by atoms with E-state index in [1.165, 1.54) is 34.9 Å². The normalized spacial score (nSPS) is 12.8. The van der Waals surface area contributed by atoms with Crippen LogP contribution >= 0.6 is 0 Å². The molecule has 0 amide bonds. The number of rotatable bonds is 12. The van der Waals surface area contributed by atoms with Crippen molar-refractivity contribution in [2.45, 2.75) is 88.7 Å². The van der Waals surface area contributed by atoms with Gasteiger partial charge in [0.2, 0.25) is 10.0 Å². The van der Waals surface area contributed by atoms with Gasteiger partial charge < -0.3 is 0 Å². The molecule has 0 aliphatic heterocycles. The van der Waals surface area contributed by atoms with Crippen LogP contribution in [0.25, 0.3) is 16.8 Å². The van der Waals surface area contributed by atoms with E-state index in [1.54, 1.807) is 52.0 Å². The average molecular weight is 722 g/mol. The zero-order chi connectivity index (χ0) is 33.9. The number of aromatic nitrogens is 3. The quantitative estimate of drug-likeness (QED) is 0.103. The monoisotopic (exact) mass is 721 g/mol. The molecule has 0 spiro atoms. The van der Waals surface area contributed by atoms with Gasteiger partial charge in [0.1, 0.15) is 0 Å². The second-order valence-corrected chi connectivity index (χ2v) is 16.3. The zero-order valence-electron chi connectivity index (χ0n) is 26.4. The van der Waals surface area contributed by atoms with Crippen molar-refractivity contribution in [3.63, 3.8) is 0 Å². The van der Waals surface area contributed by atoms with E-state index in [-0.39, 0.29) is 50.7 Å². The van der Waals surface area contributed by atoms with Crippen LogP contribution in [-0.2, 0) is 29.2 Å². The van der Waals surface area contributed by atoms with Crippen LogP contribution in [0.4, 0.5) is 17.6 Å². The minimum absolute atomic E-state index is 0.0158. The van der Waals surface area contributed by atoms with Crippen molar-refractivity contribution in [3.8, 4) is 16.8 Å². The number of benzene rings is 3. The molecule has 0 saturated carbocycles. The molecule has 46 heavy (non-hydrogen) atoms. The number of nitrogens with zero attached hydrogens (tertiary/aromatic N) is 3. The fourth-order valence-corrected chi connectivity index (χ4v) is 8.85. The Morgan fingerprint density at radius 3 is 2.30 bits per heavy atom. The molecule has 0 fully saturated rings. The fourth-order valence-electron chi connectivity index (χ4n) is 5.03. The molecule has 1 N–H and O–H groups in total. The van der Waals surface area contributed by atoms with E-state index in [9.17, 15) is 26.4 Å². The van der Waals surface area contributed by atoms with E-state index in [2.05, 4.69) is 16.7 Å². The third-order valence-corrected chi connectivity index (χ3v) is 11.4. The van der Waals surface area contributed by atoms with Gasteiger partial charge in [-0.2, -0.15) is 0 Å². The number of aryl methyl sites for hydroxylation is 1. The molecule has 0 aliphatic carbocycles. The molecule has 247 valence electrons. The Labute approximate surface area is 273 Å². The minimum atomic E-state index is -4.71. The molecule has 13 heteroatoms. The molecule has 1 radical (unpaired) electrons. The maximum absolute atomic E-state index is 15.6. The number of hydrogen-bond acceptors (Lipinski definition) is 4. The van der Waals surface area contributed by atoms with Crippen molar-refractivity contribution in [1.82, 2.24) is 19.1 Å². The number of alkyl halides is 3. The van der Waals surface area contributed by atoms with Crippen molar-refractivity contribution >= 4 is 30.1 Å². The standard InChI is InChI=1S/C33H38AsF4N4O3S/c1-6-8-11-18-34-24-16-17-26(33(36,37)38)28(20-24)42-31(43)41(30(7-2)39-42)21-23-15-14-22(19-27(23)35)25-12-9-10-13-29(25)46(44,45)40-32(3,4)5/h9-10,12-17,19-20,40H,6-8,11,18,21H2,1-5H3. The average Bonchev–Trinajstić information content (AvgIpc) is 3.29. The van der Waals surface area contributed by atoms with E-state index in [0.717, 1.165) is 39.6 Å². The van der Waals surface area contributed by atoms with Gasteiger partial charge in [-0.05, 0) is 26.8 Å². The molecule has 4 rings (SSSR count). The summed E-state index contributed by atoms with van der Waals surface area (Å²) >= 11 is -0.387. The summed E-state index contributed by atoms with van der Waals surface area (Å²) in [5.41, 5.74) is -2.16. The number of sulfonamides is 1. The van der Waals surface area contributed by atoms with Crippen LogP contribution in [0.3, 0.4) is 0 Å². The Morgan fingerprint density at radius 1 is 0.957 bits per heavy atom. The van der Waals surface area contributed by atoms with E-state index in [0.29, 0.717) is 11.1 Å². The van der Waals surface area contributed by atoms with Gasteiger partial charge in [0.15, 0.2) is 0 Å². The van der Waals surface area contributed by atoms with Crippen LogP contribution in [0.2, 0.25) is 5.21 Å². The van der Waals surface area contributed by atoms with Gasteiger partial charge in [-0.1, -0.05) is 18.2 Å². The van der Waals surface area contributed by atoms with Gasteiger partial charge in [0.25, 0.3) is 0 Å². The second-order valence-electron chi connectivity index (χ2n) is 12.0. The van der Waals surface area contributed by atoms with Crippen LogP contribution in [0, 0.1) is 5.82 Å². The Bertz CT molecular complexity index is 1860. The summed E-state index contributed by atoms with van der Waals surface area (Å²) in [6, 6.07) is 14.3. The topological polar surface area (TPSA) is 86.0 Å². The number of halogens is 4. The summed E-state index contributed by atoms with van der Waals surface area (Å²) in [7, 11) is -3.94. The van der Waals surface area contributed by atoms with E-state index >= 15 is 4.39 Å². The van der Waals surface area contributed by atoms with Gasteiger partial charge in [-0.25, -0.2) is 13.1 Å². The summed E-state index contributed by atoms with van der Waals surface area (Å²) in [5.74, 6) is -0.503.